The Morgan fingerprint density at radius 1 is 1.29 bits per heavy atom. The molecule has 0 aliphatic heterocycles. The van der Waals surface area contributed by atoms with Crippen LogP contribution in [0.5, 0.6) is 0 Å². The zero-order valence-electron chi connectivity index (χ0n) is 10.6. The first kappa shape index (κ1) is 14.5. The lowest BCUT2D eigenvalue weighted by Gasteiger charge is -2.24. The quantitative estimate of drug-likeness (QED) is 0.729. The van der Waals surface area contributed by atoms with Crippen molar-refractivity contribution >= 4 is 11.6 Å². The highest BCUT2D eigenvalue weighted by Gasteiger charge is 2.16. The van der Waals surface area contributed by atoms with Crippen LogP contribution in [-0.2, 0) is 6.54 Å². The zero-order chi connectivity index (χ0) is 12.7. The minimum absolute atomic E-state index is 0.140. The van der Waals surface area contributed by atoms with Crippen molar-refractivity contribution in [2.75, 3.05) is 12.4 Å². The second-order valence-corrected chi connectivity index (χ2v) is 5.53. The lowest BCUT2D eigenvalue weighted by molar-refractivity contribution is 0.310. The maximum atomic E-state index is 13.4. The van der Waals surface area contributed by atoms with Crippen molar-refractivity contribution in [2.45, 2.75) is 33.2 Å². The number of rotatable bonds is 7. The SMILES string of the molecule is CC(C)(CCCCl)CNCc1ccccc1F. The van der Waals surface area contributed by atoms with E-state index in [0.29, 0.717) is 12.4 Å². The monoisotopic (exact) mass is 257 g/mol. The molecule has 0 saturated carbocycles. The first-order valence-corrected chi connectivity index (χ1v) is 6.59. The van der Waals surface area contributed by atoms with Gasteiger partial charge in [-0.05, 0) is 24.3 Å². The molecule has 0 aromatic heterocycles. The van der Waals surface area contributed by atoms with Crippen LogP contribution in [0.2, 0.25) is 0 Å². The zero-order valence-corrected chi connectivity index (χ0v) is 11.4. The topological polar surface area (TPSA) is 12.0 Å². The van der Waals surface area contributed by atoms with E-state index in [4.69, 9.17) is 11.6 Å². The van der Waals surface area contributed by atoms with Crippen molar-refractivity contribution in [1.29, 1.82) is 0 Å². The second-order valence-electron chi connectivity index (χ2n) is 5.15. The van der Waals surface area contributed by atoms with E-state index in [-0.39, 0.29) is 11.2 Å². The summed E-state index contributed by atoms with van der Waals surface area (Å²) in [6.07, 6.45) is 2.11. The van der Waals surface area contributed by atoms with Crippen molar-refractivity contribution in [1.82, 2.24) is 5.32 Å². The number of hydrogen-bond acceptors (Lipinski definition) is 1. The number of hydrogen-bond donors (Lipinski definition) is 1. The summed E-state index contributed by atoms with van der Waals surface area (Å²) in [5.74, 6) is 0.565. The van der Waals surface area contributed by atoms with E-state index in [1.807, 2.05) is 12.1 Å². The Kier molecular flexibility index (Phi) is 5.93. The molecule has 0 radical (unpaired) electrons. The van der Waals surface area contributed by atoms with Gasteiger partial charge in [-0.1, -0.05) is 32.0 Å². The van der Waals surface area contributed by atoms with E-state index in [2.05, 4.69) is 19.2 Å². The van der Waals surface area contributed by atoms with Crippen molar-refractivity contribution in [3.63, 3.8) is 0 Å². The van der Waals surface area contributed by atoms with Gasteiger partial charge >= 0.3 is 0 Å². The molecule has 0 heterocycles. The van der Waals surface area contributed by atoms with Crippen LogP contribution in [0.1, 0.15) is 32.3 Å². The molecule has 0 saturated heterocycles. The lowest BCUT2D eigenvalue weighted by atomic mass is 9.88. The van der Waals surface area contributed by atoms with Crippen molar-refractivity contribution in [3.05, 3.63) is 35.6 Å². The number of nitrogens with one attached hydrogen (secondary N) is 1. The van der Waals surface area contributed by atoms with Gasteiger partial charge in [-0.2, -0.15) is 0 Å². The third kappa shape index (κ3) is 5.51. The summed E-state index contributed by atoms with van der Waals surface area (Å²) in [5.41, 5.74) is 0.931. The van der Waals surface area contributed by atoms with Crippen LogP contribution in [-0.4, -0.2) is 12.4 Å². The fourth-order valence-corrected chi connectivity index (χ4v) is 1.94. The molecule has 0 aliphatic carbocycles. The van der Waals surface area contributed by atoms with E-state index >= 15 is 0 Å². The molecule has 96 valence electrons. The summed E-state index contributed by atoms with van der Waals surface area (Å²) in [6, 6.07) is 6.88. The molecule has 1 N–H and O–H groups in total. The Morgan fingerprint density at radius 3 is 2.65 bits per heavy atom. The molecular weight excluding hydrogens is 237 g/mol. The van der Waals surface area contributed by atoms with Gasteiger partial charge in [0.15, 0.2) is 0 Å². The molecule has 1 rings (SSSR count). The van der Waals surface area contributed by atoms with E-state index < -0.39 is 0 Å². The smallest absolute Gasteiger partial charge is 0.127 e. The maximum absolute atomic E-state index is 13.4. The van der Waals surface area contributed by atoms with Gasteiger partial charge in [-0.3, -0.25) is 0 Å². The highest BCUT2D eigenvalue weighted by atomic mass is 35.5. The van der Waals surface area contributed by atoms with E-state index in [1.165, 1.54) is 6.07 Å². The van der Waals surface area contributed by atoms with Gasteiger partial charge in [-0.25, -0.2) is 4.39 Å². The molecule has 3 heteroatoms. The van der Waals surface area contributed by atoms with Crippen LogP contribution in [0.3, 0.4) is 0 Å². The predicted octanol–water partition coefficient (Wildman–Crippen LogP) is 3.96. The minimum atomic E-state index is -0.140. The Hall–Kier alpha value is -0.600. The molecule has 0 atom stereocenters. The Bertz CT molecular complexity index is 339. The third-order valence-corrected chi connectivity index (χ3v) is 3.13. The maximum Gasteiger partial charge on any atom is 0.127 e. The van der Waals surface area contributed by atoms with Crippen molar-refractivity contribution < 1.29 is 4.39 Å². The fraction of sp³-hybridized carbons (Fsp3) is 0.571. The molecule has 0 amide bonds. The van der Waals surface area contributed by atoms with Gasteiger partial charge < -0.3 is 5.32 Å². The molecule has 1 nitrogen and oxygen atoms in total. The van der Waals surface area contributed by atoms with E-state index in [1.54, 1.807) is 6.07 Å². The summed E-state index contributed by atoms with van der Waals surface area (Å²) in [5, 5.41) is 3.31. The van der Waals surface area contributed by atoms with Crippen LogP contribution >= 0.6 is 11.6 Å². The number of halogens is 2. The molecule has 0 spiro atoms. The van der Waals surface area contributed by atoms with Crippen molar-refractivity contribution in [3.8, 4) is 0 Å². The first-order valence-electron chi connectivity index (χ1n) is 6.05. The normalized spacial score (nSPS) is 11.8. The van der Waals surface area contributed by atoms with Gasteiger partial charge in [0.2, 0.25) is 0 Å². The van der Waals surface area contributed by atoms with Gasteiger partial charge in [0.05, 0.1) is 0 Å². The van der Waals surface area contributed by atoms with Crippen LogP contribution in [0, 0.1) is 11.2 Å². The van der Waals surface area contributed by atoms with Crippen LogP contribution < -0.4 is 5.32 Å². The van der Waals surface area contributed by atoms with Crippen molar-refractivity contribution in [2.24, 2.45) is 5.41 Å². The van der Waals surface area contributed by atoms with Gasteiger partial charge in [0.1, 0.15) is 5.82 Å². The minimum Gasteiger partial charge on any atom is -0.312 e. The van der Waals surface area contributed by atoms with Gasteiger partial charge in [0.25, 0.3) is 0 Å². The first-order chi connectivity index (χ1) is 8.05. The third-order valence-electron chi connectivity index (χ3n) is 2.86. The molecule has 1 aromatic rings. The lowest BCUT2D eigenvalue weighted by Crippen LogP contribution is -2.29. The molecule has 0 unspecified atom stereocenters. The molecular formula is C14H21ClFN. The van der Waals surface area contributed by atoms with Crippen LogP contribution in [0.25, 0.3) is 0 Å². The summed E-state index contributed by atoms with van der Waals surface area (Å²) >= 11 is 5.69. The second kappa shape index (κ2) is 6.97. The summed E-state index contributed by atoms with van der Waals surface area (Å²) in [7, 11) is 0. The van der Waals surface area contributed by atoms with E-state index in [9.17, 15) is 4.39 Å². The van der Waals surface area contributed by atoms with Crippen LogP contribution in [0.15, 0.2) is 24.3 Å². The Balaban J connectivity index is 2.35. The molecule has 0 bridgehead atoms. The average Bonchev–Trinajstić information content (AvgIpc) is 2.29. The summed E-state index contributed by atoms with van der Waals surface area (Å²) in [4.78, 5) is 0. The Morgan fingerprint density at radius 2 is 2.00 bits per heavy atom. The molecule has 17 heavy (non-hydrogen) atoms. The largest absolute Gasteiger partial charge is 0.312 e. The molecule has 0 fully saturated rings. The Labute approximate surface area is 108 Å². The van der Waals surface area contributed by atoms with Gasteiger partial charge in [0, 0.05) is 24.5 Å². The standard InChI is InChI=1S/C14H21ClFN/c1-14(2,8-5-9-15)11-17-10-12-6-3-4-7-13(12)16/h3-4,6-7,17H,5,8-11H2,1-2H3. The highest BCUT2D eigenvalue weighted by molar-refractivity contribution is 6.17. The average molecular weight is 258 g/mol. The van der Waals surface area contributed by atoms with E-state index in [0.717, 1.165) is 24.9 Å². The molecule has 0 aliphatic rings. The number of benzene rings is 1. The summed E-state index contributed by atoms with van der Waals surface area (Å²) in [6.45, 7) is 5.86. The van der Waals surface area contributed by atoms with Gasteiger partial charge in [-0.15, -0.1) is 11.6 Å². The highest BCUT2D eigenvalue weighted by Crippen LogP contribution is 2.21. The number of alkyl halides is 1. The fourth-order valence-electron chi connectivity index (χ4n) is 1.81. The molecule has 1 aromatic carbocycles. The summed E-state index contributed by atoms with van der Waals surface area (Å²) < 4.78 is 13.4. The predicted molar refractivity (Wildman–Crippen MR) is 71.8 cm³/mol. The van der Waals surface area contributed by atoms with Crippen LogP contribution in [0.4, 0.5) is 4.39 Å².